The van der Waals surface area contributed by atoms with Crippen molar-refractivity contribution in [1.29, 1.82) is 0 Å². The van der Waals surface area contributed by atoms with Crippen molar-refractivity contribution < 1.29 is 0 Å². The van der Waals surface area contributed by atoms with Gasteiger partial charge in [-0.05, 0) is 81.1 Å². The first-order valence-corrected chi connectivity index (χ1v) is 12.6. The minimum absolute atomic E-state index is 0.225. The molecule has 0 heterocycles. The summed E-state index contributed by atoms with van der Waals surface area (Å²) < 4.78 is 0. The highest BCUT2D eigenvalue weighted by Gasteiger charge is 2.06. The number of rotatable bonds is 8. The van der Waals surface area contributed by atoms with E-state index in [1.807, 2.05) is 0 Å². The van der Waals surface area contributed by atoms with E-state index in [-0.39, 0.29) is 15.8 Å². The maximum absolute atomic E-state index is 2.93. The third-order valence-corrected chi connectivity index (χ3v) is 6.29. The summed E-state index contributed by atoms with van der Waals surface area (Å²) >= 11 is 0. The van der Waals surface area contributed by atoms with Gasteiger partial charge in [0.1, 0.15) is 0 Å². The Morgan fingerprint density at radius 2 is 1.58 bits per heavy atom. The minimum Gasteiger partial charge on any atom is -0.113 e. The van der Waals surface area contributed by atoms with E-state index >= 15 is 0 Å². The van der Waals surface area contributed by atoms with Crippen LogP contribution in [0.5, 0.6) is 0 Å². The highest BCUT2D eigenvalue weighted by Crippen LogP contribution is 2.28. The Morgan fingerprint density at radius 1 is 0.895 bits per heavy atom. The molecule has 0 saturated heterocycles. The van der Waals surface area contributed by atoms with Crippen LogP contribution in [0.15, 0.2) is 18.2 Å². The average Bonchev–Trinajstić information content (AvgIpc) is 2.33. The van der Waals surface area contributed by atoms with Crippen molar-refractivity contribution in [2.24, 2.45) is 0 Å². The molecule has 1 unspecified atom stereocenters. The van der Waals surface area contributed by atoms with Crippen LogP contribution in [0, 0.1) is 0 Å². The number of hydrogen-bond donors (Lipinski definition) is 0. The van der Waals surface area contributed by atoms with Crippen LogP contribution >= 0.6 is 25.1 Å². The summed E-state index contributed by atoms with van der Waals surface area (Å²) in [4.78, 5) is 0. The second-order valence-corrected chi connectivity index (χ2v) is 11.6. The molecule has 0 bridgehead atoms. The molecule has 0 saturated carbocycles. The molecule has 0 amide bonds. The van der Waals surface area contributed by atoms with E-state index in [9.17, 15) is 0 Å². The fraction of sp³-hybridized carbons (Fsp3) is 0.625. The summed E-state index contributed by atoms with van der Waals surface area (Å²) in [6.45, 7) is 9.53. The Hall–Kier alpha value is 0.510. The Kier molecular flexibility index (Phi) is 8.73. The van der Waals surface area contributed by atoms with Crippen molar-refractivity contribution in [2.45, 2.75) is 25.7 Å². The Labute approximate surface area is 124 Å². The van der Waals surface area contributed by atoms with Gasteiger partial charge in [-0.3, -0.25) is 0 Å². The van der Waals surface area contributed by atoms with Gasteiger partial charge in [-0.15, -0.1) is 25.1 Å². The van der Waals surface area contributed by atoms with Crippen molar-refractivity contribution in [2.75, 3.05) is 39.0 Å². The van der Waals surface area contributed by atoms with Crippen LogP contribution in [-0.2, 0) is 12.8 Å². The lowest BCUT2D eigenvalue weighted by molar-refractivity contribution is 0.795. The fourth-order valence-corrected chi connectivity index (χ4v) is 4.25. The Balaban J connectivity index is 2.58. The van der Waals surface area contributed by atoms with Gasteiger partial charge in [0.15, 0.2) is 0 Å². The first-order chi connectivity index (χ1) is 9.00. The van der Waals surface area contributed by atoms with Crippen molar-refractivity contribution in [1.82, 2.24) is 0 Å². The first kappa shape index (κ1) is 17.6. The van der Waals surface area contributed by atoms with Crippen molar-refractivity contribution in [3.8, 4) is 0 Å². The molecule has 0 N–H and O–H groups in total. The van der Waals surface area contributed by atoms with Gasteiger partial charge in [0.25, 0.3) is 0 Å². The number of aryl methyl sites for hydroxylation is 1. The third kappa shape index (κ3) is 7.18. The zero-order valence-electron chi connectivity index (χ0n) is 12.9. The normalized spacial score (nSPS) is 11.5. The molecule has 3 heteroatoms. The van der Waals surface area contributed by atoms with Gasteiger partial charge in [0.05, 0.1) is 0 Å². The second-order valence-electron chi connectivity index (χ2n) is 5.80. The quantitative estimate of drug-likeness (QED) is 0.488. The molecule has 0 spiro atoms. The zero-order valence-corrected chi connectivity index (χ0v) is 15.9. The summed E-state index contributed by atoms with van der Waals surface area (Å²) in [6, 6.07) is 6.80. The second kappa shape index (κ2) is 9.45. The lowest BCUT2D eigenvalue weighted by Crippen LogP contribution is -2.08. The van der Waals surface area contributed by atoms with E-state index in [1.165, 1.54) is 43.3 Å². The molecule has 1 aromatic rings. The summed E-state index contributed by atoms with van der Waals surface area (Å²) in [5.74, 6) is 0. The number of benzene rings is 1. The molecular formula is C16H29P3. The van der Waals surface area contributed by atoms with E-state index in [1.54, 1.807) is 11.1 Å². The number of hydrogen-bond acceptors (Lipinski definition) is 0. The molecule has 0 fully saturated rings. The minimum atomic E-state index is 0.225. The standard InChI is InChI=1S/C16H29P3/c1-18(2)12-6-5-9-15-14(11-13-19(3)4)8-7-10-16(15)17/h7-8,10H,5-6,9,11-13,17H2,1-4H3. The Bertz CT molecular complexity index is 372. The van der Waals surface area contributed by atoms with Gasteiger partial charge in [-0.2, -0.15) is 0 Å². The maximum Gasteiger partial charge on any atom is -0.0237 e. The smallest absolute Gasteiger partial charge is 0.0237 e. The van der Waals surface area contributed by atoms with Gasteiger partial charge in [-0.1, -0.05) is 18.2 Å². The monoisotopic (exact) mass is 314 g/mol. The molecule has 19 heavy (non-hydrogen) atoms. The van der Waals surface area contributed by atoms with E-state index in [0.29, 0.717) is 0 Å². The van der Waals surface area contributed by atoms with Crippen LogP contribution in [0.2, 0.25) is 0 Å². The molecule has 108 valence electrons. The molecule has 0 aliphatic rings. The topological polar surface area (TPSA) is 0 Å². The molecule has 1 aromatic carbocycles. The van der Waals surface area contributed by atoms with Gasteiger partial charge in [0.2, 0.25) is 0 Å². The molecule has 1 atom stereocenters. The van der Waals surface area contributed by atoms with E-state index in [4.69, 9.17) is 0 Å². The van der Waals surface area contributed by atoms with Crippen LogP contribution in [0.25, 0.3) is 0 Å². The predicted octanol–water partition coefficient (Wildman–Crippen LogP) is 4.54. The SMILES string of the molecule is CP(C)CCCCc1c(P)cccc1CCP(C)C. The van der Waals surface area contributed by atoms with Crippen LogP contribution in [0.4, 0.5) is 0 Å². The van der Waals surface area contributed by atoms with Gasteiger partial charge in [-0.25, -0.2) is 0 Å². The summed E-state index contributed by atoms with van der Waals surface area (Å²) in [7, 11) is 3.44. The first-order valence-electron chi connectivity index (χ1n) is 7.16. The molecule has 0 aromatic heterocycles. The largest absolute Gasteiger partial charge is 0.113 e. The molecule has 0 aliphatic heterocycles. The van der Waals surface area contributed by atoms with Gasteiger partial charge >= 0.3 is 0 Å². The van der Waals surface area contributed by atoms with E-state index in [0.717, 1.165) is 0 Å². The number of unbranched alkanes of at least 4 members (excludes halogenated alkanes) is 1. The molecular weight excluding hydrogens is 285 g/mol. The van der Waals surface area contributed by atoms with Gasteiger partial charge < -0.3 is 0 Å². The average molecular weight is 314 g/mol. The fourth-order valence-electron chi connectivity index (χ4n) is 2.27. The molecule has 0 nitrogen and oxygen atoms in total. The highest BCUT2D eigenvalue weighted by atomic mass is 31.1. The van der Waals surface area contributed by atoms with Crippen LogP contribution in [0.1, 0.15) is 24.0 Å². The van der Waals surface area contributed by atoms with E-state index in [2.05, 4.69) is 54.1 Å². The van der Waals surface area contributed by atoms with Crippen molar-refractivity contribution in [3.63, 3.8) is 0 Å². The maximum atomic E-state index is 2.93. The summed E-state index contributed by atoms with van der Waals surface area (Å²) in [5, 5.41) is 1.42. The van der Waals surface area contributed by atoms with Crippen LogP contribution in [-0.4, -0.2) is 39.0 Å². The Morgan fingerprint density at radius 3 is 2.21 bits per heavy atom. The zero-order chi connectivity index (χ0) is 14.3. The van der Waals surface area contributed by atoms with Crippen LogP contribution in [0.3, 0.4) is 0 Å². The highest BCUT2D eigenvalue weighted by molar-refractivity contribution is 7.56. The van der Waals surface area contributed by atoms with Crippen LogP contribution < -0.4 is 5.30 Å². The van der Waals surface area contributed by atoms with Gasteiger partial charge in [0, 0.05) is 0 Å². The molecule has 0 aliphatic carbocycles. The van der Waals surface area contributed by atoms with Crippen molar-refractivity contribution in [3.05, 3.63) is 29.3 Å². The lowest BCUT2D eigenvalue weighted by atomic mass is 10.0. The molecule has 0 radical (unpaired) electrons. The summed E-state index contributed by atoms with van der Waals surface area (Å²) in [5.41, 5.74) is 3.21. The van der Waals surface area contributed by atoms with E-state index < -0.39 is 0 Å². The lowest BCUT2D eigenvalue weighted by Gasteiger charge is -2.14. The third-order valence-electron chi connectivity index (χ3n) is 3.42. The summed E-state index contributed by atoms with van der Waals surface area (Å²) in [6.07, 6.45) is 8.08. The molecule has 1 rings (SSSR count). The predicted molar refractivity (Wildman–Crippen MR) is 99.7 cm³/mol. The van der Waals surface area contributed by atoms with Crippen molar-refractivity contribution >= 4 is 30.4 Å².